The summed E-state index contributed by atoms with van der Waals surface area (Å²) >= 11 is 0. The fourth-order valence-electron chi connectivity index (χ4n) is 6.42. The van der Waals surface area contributed by atoms with Gasteiger partial charge in [-0.1, -0.05) is 18.9 Å². The van der Waals surface area contributed by atoms with Crippen LogP contribution < -0.4 is 4.74 Å². The Hall–Kier alpha value is -1.88. The monoisotopic (exact) mass is 460 g/mol. The molecule has 32 heavy (non-hydrogen) atoms. The number of ether oxygens (including phenoxy) is 1. The molecule has 6 nitrogen and oxygen atoms in total. The second-order valence-corrected chi connectivity index (χ2v) is 12.2. The lowest BCUT2D eigenvalue weighted by Crippen LogP contribution is -2.54. The summed E-state index contributed by atoms with van der Waals surface area (Å²) in [4.78, 5) is 11.4. The normalized spacial score (nSPS) is 36.0. The van der Waals surface area contributed by atoms with Gasteiger partial charge in [0.15, 0.2) is 0 Å². The molecule has 4 rings (SSSR count). The van der Waals surface area contributed by atoms with Crippen molar-refractivity contribution in [2.24, 2.45) is 17.3 Å². The number of hydrogen-bond acceptors (Lipinski definition) is 6. The number of aliphatic hydroxyl groups is 1. The Morgan fingerprint density at radius 3 is 2.62 bits per heavy atom. The first kappa shape index (κ1) is 23.3. The number of esters is 1. The van der Waals surface area contributed by atoms with E-state index >= 15 is 0 Å². The van der Waals surface area contributed by atoms with Crippen molar-refractivity contribution in [2.45, 2.75) is 82.7 Å². The van der Waals surface area contributed by atoms with Crippen LogP contribution in [0.25, 0.3) is 0 Å². The summed E-state index contributed by atoms with van der Waals surface area (Å²) in [6.45, 7) is 6.62. The van der Waals surface area contributed by atoms with Crippen LogP contribution in [-0.2, 0) is 25.5 Å². The fourth-order valence-corrected chi connectivity index (χ4v) is 7.18. The predicted molar refractivity (Wildman–Crippen MR) is 120 cm³/mol. The first-order valence-electron chi connectivity index (χ1n) is 11.4. The third kappa shape index (κ3) is 3.57. The first-order chi connectivity index (χ1) is 14.9. The topological polar surface area (TPSA) is 89.9 Å². The van der Waals surface area contributed by atoms with Gasteiger partial charge in [-0.25, -0.2) is 0 Å². The molecular formula is C25H32O6S. The van der Waals surface area contributed by atoms with Crippen molar-refractivity contribution >= 4 is 16.1 Å². The Morgan fingerprint density at radius 1 is 1.28 bits per heavy atom. The molecule has 3 aliphatic carbocycles. The van der Waals surface area contributed by atoms with Crippen LogP contribution in [0.15, 0.2) is 18.2 Å². The van der Waals surface area contributed by atoms with Crippen molar-refractivity contribution in [3.05, 3.63) is 29.3 Å². The average molecular weight is 461 g/mol. The van der Waals surface area contributed by atoms with Crippen LogP contribution in [0.1, 0.15) is 70.4 Å². The molecule has 0 amide bonds. The number of hydrogen-bond donors (Lipinski definition) is 1. The van der Waals surface area contributed by atoms with E-state index in [0.717, 1.165) is 30.4 Å². The number of benzene rings is 1. The Bertz CT molecular complexity index is 1070. The summed E-state index contributed by atoms with van der Waals surface area (Å²) in [5.41, 5.74) is 0.416. The van der Waals surface area contributed by atoms with E-state index in [0.29, 0.717) is 18.6 Å². The zero-order chi connectivity index (χ0) is 23.5. The van der Waals surface area contributed by atoms with Crippen LogP contribution in [-0.4, -0.2) is 36.4 Å². The second kappa shape index (κ2) is 7.86. The molecule has 0 bridgehead atoms. The van der Waals surface area contributed by atoms with Gasteiger partial charge < -0.3 is 9.84 Å². The summed E-state index contributed by atoms with van der Waals surface area (Å²) in [7, 11) is -3.75. The summed E-state index contributed by atoms with van der Waals surface area (Å²) in [6.07, 6.45) is 8.40. The van der Waals surface area contributed by atoms with Gasteiger partial charge in [0.05, 0.1) is 11.4 Å². The van der Waals surface area contributed by atoms with Gasteiger partial charge >= 0.3 is 5.97 Å². The van der Waals surface area contributed by atoms with Gasteiger partial charge in [-0.2, -0.15) is 8.42 Å². The predicted octanol–water partition coefficient (Wildman–Crippen LogP) is 3.57. The Labute approximate surface area is 190 Å². The standard InChI is InChI=1S/C25H32O6S/c1-6-25(27)12-10-21-23-20(9-11-24(21,25)5)19-8-7-18(30-16(4)26)13-17(19)14-22(23)31-32(28,29)15(2)3/h1,7-8,13,15,20-23,27H,9-12,14H2,2-5H3/t20-,21+,22-,23-,24+,25+/m1/s1. The third-order valence-corrected chi connectivity index (χ3v) is 9.85. The molecule has 6 atom stereocenters. The third-order valence-electron chi connectivity index (χ3n) is 8.18. The highest BCUT2D eigenvalue weighted by molar-refractivity contribution is 7.87. The van der Waals surface area contributed by atoms with Crippen LogP contribution in [0.3, 0.4) is 0 Å². The largest absolute Gasteiger partial charge is 0.427 e. The maximum atomic E-state index is 12.8. The van der Waals surface area contributed by atoms with Gasteiger partial charge in [0.2, 0.25) is 0 Å². The lowest BCUT2D eigenvalue weighted by Gasteiger charge is -2.54. The molecule has 0 unspecified atom stereocenters. The molecule has 3 aliphatic rings. The molecule has 0 aliphatic heterocycles. The molecule has 0 spiro atoms. The van der Waals surface area contributed by atoms with Gasteiger partial charge in [-0.15, -0.1) is 6.42 Å². The van der Waals surface area contributed by atoms with Crippen molar-refractivity contribution in [1.82, 2.24) is 0 Å². The molecule has 7 heteroatoms. The lowest BCUT2D eigenvalue weighted by molar-refractivity contribution is -0.131. The molecule has 0 saturated heterocycles. The summed E-state index contributed by atoms with van der Waals surface area (Å²) in [6, 6.07) is 5.61. The number of fused-ring (bicyclic) bond motifs is 5. The maximum Gasteiger partial charge on any atom is 0.308 e. The van der Waals surface area contributed by atoms with Gasteiger partial charge in [0.1, 0.15) is 11.4 Å². The van der Waals surface area contributed by atoms with Crippen LogP contribution in [0, 0.1) is 29.6 Å². The van der Waals surface area contributed by atoms with Gasteiger partial charge in [0.25, 0.3) is 10.1 Å². The molecule has 1 aromatic rings. The second-order valence-electron chi connectivity index (χ2n) is 10.1. The highest BCUT2D eigenvalue weighted by Gasteiger charge is 2.63. The molecule has 0 heterocycles. The minimum atomic E-state index is -3.75. The summed E-state index contributed by atoms with van der Waals surface area (Å²) < 4.78 is 36.7. The zero-order valence-electron chi connectivity index (χ0n) is 19.1. The Kier molecular flexibility index (Phi) is 5.72. The van der Waals surface area contributed by atoms with E-state index in [1.165, 1.54) is 6.92 Å². The van der Waals surface area contributed by atoms with E-state index in [1.54, 1.807) is 19.9 Å². The van der Waals surface area contributed by atoms with E-state index in [-0.39, 0.29) is 17.8 Å². The van der Waals surface area contributed by atoms with Crippen molar-refractivity contribution in [3.8, 4) is 18.1 Å². The van der Waals surface area contributed by atoms with Crippen LogP contribution in [0.5, 0.6) is 5.75 Å². The number of carbonyl (C=O) groups is 1. The number of rotatable bonds is 4. The van der Waals surface area contributed by atoms with E-state index < -0.39 is 38.5 Å². The van der Waals surface area contributed by atoms with E-state index in [1.807, 2.05) is 19.1 Å². The fraction of sp³-hybridized carbons (Fsp3) is 0.640. The SMILES string of the molecule is C#C[C@]1(O)CC[C@H]2[C@H]3[C@H](CC[C@@]21C)c1ccc(OC(C)=O)cc1C[C@H]3OS(=O)(=O)C(C)C. The van der Waals surface area contributed by atoms with E-state index in [9.17, 15) is 18.3 Å². The molecule has 0 aromatic heterocycles. The maximum absolute atomic E-state index is 12.8. The van der Waals surface area contributed by atoms with Crippen LogP contribution in [0.2, 0.25) is 0 Å². The quantitative estimate of drug-likeness (QED) is 0.320. The number of terminal acetylenes is 1. The Morgan fingerprint density at radius 2 is 2.00 bits per heavy atom. The van der Waals surface area contributed by atoms with Crippen molar-refractivity contribution in [3.63, 3.8) is 0 Å². The van der Waals surface area contributed by atoms with Crippen LogP contribution >= 0.6 is 0 Å². The molecule has 1 N–H and O–H groups in total. The first-order valence-corrected chi connectivity index (χ1v) is 12.8. The smallest absolute Gasteiger partial charge is 0.308 e. The molecule has 2 fully saturated rings. The Balaban J connectivity index is 1.78. The van der Waals surface area contributed by atoms with E-state index in [2.05, 4.69) is 5.92 Å². The van der Waals surface area contributed by atoms with Crippen molar-refractivity contribution in [1.29, 1.82) is 0 Å². The van der Waals surface area contributed by atoms with Gasteiger partial charge in [-0.05, 0) is 80.5 Å². The lowest BCUT2D eigenvalue weighted by atomic mass is 9.52. The van der Waals surface area contributed by atoms with Gasteiger partial charge in [-0.3, -0.25) is 8.98 Å². The van der Waals surface area contributed by atoms with Crippen molar-refractivity contribution < 1.29 is 27.2 Å². The van der Waals surface area contributed by atoms with Crippen LogP contribution in [0.4, 0.5) is 0 Å². The average Bonchev–Trinajstić information content (AvgIpc) is 2.98. The minimum Gasteiger partial charge on any atom is -0.427 e. The molecule has 0 radical (unpaired) electrons. The number of carbonyl (C=O) groups excluding carboxylic acids is 1. The van der Waals surface area contributed by atoms with Gasteiger partial charge in [0, 0.05) is 18.8 Å². The molecular weight excluding hydrogens is 428 g/mol. The minimum absolute atomic E-state index is 0.0518. The highest BCUT2D eigenvalue weighted by atomic mass is 32.2. The summed E-state index contributed by atoms with van der Waals surface area (Å²) in [5.74, 6) is 2.77. The summed E-state index contributed by atoms with van der Waals surface area (Å²) in [5, 5.41) is 10.6. The zero-order valence-corrected chi connectivity index (χ0v) is 19.9. The molecule has 174 valence electrons. The molecule has 2 saturated carbocycles. The highest BCUT2D eigenvalue weighted by Crippen LogP contribution is 2.64. The van der Waals surface area contributed by atoms with Crippen molar-refractivity contribution in [2.75, 3.05) is 0 Å². The molecule has 1 aromatic carbocycles. The van der Waals surface area contributed by atoms with E-state index in [4.69, 9.17) is 15.3 Å².